The van der Waals surface area contributed by atoms with Gasteiger partial charge in [0.2, 0.25) is 11.8 Å². The number of rotatable bonds is 4. The van der Waals surface area contributed by atoms with Gasteiger partial charge in [0.25, 0.3) is 0 Å². The molecule has 2 aliphatic rings. The van der Waals surface area contributed by atoms with Crippen LogP contribution in [0.25, 0.3) is 0 Å². The van der Waals surface area contributed by atoms with Gasteiger partial charge >= 0.3 is 0 Å². The van der Waals surface area contributed by atoms with E-state index in [4.69, 9.17) is 4.42 Å². The van der Waals surface area contributed by atoms with Gasteiger partial charge in [-0.3, -0.25) is 9.59 Å². The Morgan fingerprint density at radius 1 is 1.38 bits per heavy atom. The molecule has 4 rings (SSSR count). The van der Waals surface area contributed by atoms with Crippen molar-refractivity contribution in [3.63, 3.8) is 0 Å². The number of carbonyl (C=O) groups excluding carboxylic acids is 2. The van der Waals surface area contributed by atoms with Crippen LogP contribution in [0.4, 0.5) is 0 Å². The number of amides is 2. The summed E-state index contributed by atoms with van der Waals surface area (Å²) < 4.78 is 7.10. The van der Waals surface area contributed by atoms with Gasteiger partial charge in [-0.25, -0.2) is 4.98 Å². The maximum Gasteiger partial charge on any atom is 0.245 e. The molecule has 0 saturated heterocycles. The molecule has 2 amide bonds. The molecule has 0 bridgehead atoms. The third-order valence-corrected chi connectivity index (χ3v) is 4.91. The van der Waals surface area contributed by atoms with Gasteiger partial charge in [0.1, 0.15) is 11.8 Å². The largest absolute Gasteiger partial charge is 0.467 e. The van der Waals surface area contributed by atoms with Gasteiger partial charge in [-0.15, -0.1) is 0 Å². The van der Waals surface area contributed by atoms with E-state index in [1.807, 2.05) is 10.6 Å². The molecule has 0 radical (unpaired) electrons. The normalized spacial score (nSPS) is 20.3. The van der Waals surface area contributed by atoms with Gasteiger partial charge in [-0.1, -0.05) is 6.42 Å². The molecule has 24 heavy (non-hydrogen) atoms. The molecule has 0 spiro atoms. The number of nitrogens with one attached hydrogen (secondary N) is 1. The predicted molar refractivity (Wildman–Crippen MR) is 84.6 cm³/mol. The van der Waals surface area contributed by atoms with Crippen LogP contribution >= 0.6 is 0 Å². The number of imidazole rings is 1. The van der Waals surface area contributed by atoms with Crippen molar-refractivity contribution < 1.29 is 14.0 Å². The van der Waals surface area contributed by atoms with E-state index in [1.165, 1.54) is 0 Å². The quantitative estimate of drug-likeness (QED) is 0.922. The number of fused-ring (bicyclic) bond motifs is 1. The van der Waals surface area contributed by atoms with E-state index in [2.05, 4.69) is 10.3 Å². The van der Waals surface area contributed by atoms with Crippen molar-refractivity contribution in [2.75, 3.05) is 6.54 Å². The fourth-order valence-corrected chi connectivity index (χ4v) is 3.29. The Balaban J connectivity index is 1.48. The van der Waals surface area contributed by atoms with Crippen LogP contribution < -0.4 is 5.32 Å². The Kier molecular flexibility index (Phi) is 3.84. The Hall–Kier alpha value is -2.57. The first-order valence-electron chi connectivity index (χ1n) is 8.32. The van der Waals surface area contributed by atoms with Crippen LogP contribution in [0.1, 0.15) is 36.8 Å². The molecule has 2 aromatic rings. The smallest absolute Gasteiger partial charge is 0.245 e. The van der Waals surface area contributed by atoms with E-state index in [0.29, 0.717) is 25.4 Å². The number of aromatic nitrogens is 2. The summed E-state index contributed by atoms with van der Waals surface area (Å²) in [6.07, 6.45) is 8.02. The third kappa shape index (κ3) is 2.70. The molecule has 0 unspecified atom stereocenters. The van der Waals surface area contributed by atoms with Crippen LogP contribution in [0, 0.1) is 5.92 Å². The van der Waals surface area contributed by atoms with Crippen molar-refractivity contribution in [3.8, 4) is 0 Å². The lowest BCUT2D eigenvalue weighted by Crippen LogP contribution is -2.48. The van der Waals surface area contributed by atoms with Gasteiger partial charge in [-0.2, -0.15) is 0 Å². The highest BCUT2D eigenvalue weighted by Gasteiger charge is 2.36. The van der Waals surface area contributed by atoms with E-state index in [1.54, 1.807) is 29.8 Å². The average molecular weight is 328 g/mol. The predicted octanol–water partition coefficient (Wildman–Crippen LogP) is 1.48. The topological polar surface area (TPSA) is 80.4 Å². The highest BCUT2D eigenvalue weighted by molar-refractivity contribution is 5.84. The highest BCUT2D eigenvalue weighted by Crippen LogP contribution is 2.31. The zero-order chi connectivity index (χ0) is 16.5. The summed E-state index contributed by atoms with van der Waals surface area (Å²) in [5.74, 6) is 0.869. The van der Waals surface area contributed by atoms with Crippen LogP contribution in [0.2, 0.25) is 0 Å². The average Bonchev–Trinajstić information content (AvgIpc) is 3.20. The molecule has 126 valence electrons. The monoisotopic (exact) mass is 328 g/mol. The van der Waals surface area contributed by atoms with E-state index >= 15 is 0 Å². The Morgan fingerprint density at radius 3 is 2.96 bits per heavy atom. The Labute approximate surface area is 139 Å². The molecular weight excluding hydrogens is 308 g/mol. The molecule has 1 atom stereocenters. The van der Waals surface area contributed by atoms with Crippen molar-refractivity contribution in [1.29, 1.82) is 0 Å². The summed E-state index contributed by atoms with van der Waals surface area (Å²) in [5, 5.41) is 2.88. The van der Waals surface area contributed by atoms with E-state index in [9.17, 15) is 9.59 Å². The number of furan rings is 1. The van der Waals surface area contributed by atoms with E-state index in [0.717, 1.165) is 25.0 Å². The van der Waals surface area contributed by atoms with Crippen LogP contribution in [-0.2, 0) is 22.7 Å². The number of hydrogen-bond donors (Lipinski definition) is 1. The fourth-order valence-electron chi connectivity index (χ4n) is 3.29. The second kappa shape index (κ2) is 6.14. The summed E-state index contributed by atoms with van der Waals surface area (Å²) >= 11 is 0. The Bertz CT molecular complexity index is 733. The zero-order valence-electron chi connectivity index (χ0n) is 13.4. The molecule has 1 N–H and O–H groups in total. The lowest BCUT2D eigenvalue weighted by Gasteiger charge is -2.37. The van der Waals surface area contributed by atoms with Crippen LogP contribution in [0.15, 0.2) is 35.3 Å². The first kappa shape index (κ1) is 15.0. The minimum atomic E-state index is -0.449. The fraction of sp³-hybridized carbons (Fsp3) is 0.471. The lowest BCUT2D eigenvalue weighted by atomic mass is 9.84. The van der Waals surface area contributed by atoms with Crippen LogP contribution in [0.3, 0.4) is 0 Å². The molecule has 1 fully saturated rings. The molecule has 0 aromatic carbocycles. The molecular formula is C17H20N4O3. The zero-order valence-corrected chi connectivity index (χ0v) is 13.4. The van der Waals surface area contributed by atoms with E-state index in [-0.39, 0.29) is 17.7 Å². The molecule has 3 heterocycles. The summed E-state index contributed by atoms with van der Waals surface area (Å²) in [7, 11) is 0. The maximum atomic E-state index is 12.6. The van der Waals surface area contributed by atoms with Crippen LogP contribution in [-0.4, -0.2) is 32.8 Å². The van der Waals surface area contributed by atoms with Crippen molar-refractivity contribution >= 4 is 11.8 Å². The highest BCUT2D eigenvalue weighted by atomic mass is 16.3. The second-order valence-electron chi connectivity index (χ2n) is 6.45. The van der Waals surface area contributed by atoms with Gasteiger partial charge in [0.15, 0.2) is 0 Å². The third-order valence-electron chi connectivity index (χ3n) is 4.91. The molecule has 7 heteroatoms. The number of hydrogen-bond acceptors (Lipinski definition) is 4. The molecule has 1 aliphatic carbocycles. The van der Waals surface area contributed by atoms with E-state index < -0.39 is 6.04 Å². The van der Waals surface area contributed by atoms with Crippen LogP contribution in [0.5, 0.6) is 0 Å². The lowest BCUT2D eigenvalue weighted by molar-refractivity contribution is -0.141. The summed E-state index contributed by atoms with van der Waals surface area (Å²) in [4.78, 5) is 31.2. The van der Waals surface area contributed by atoms with Gasteiger partial charge in [0.05, 0.1) is 37.9 Å². The number of carbonyl (C=O) groups is 2. The first-order valence-corrected chi connectivity index (χ1v) is 8.32. The van der Waals surface area contributed by atoms with Crippen molar-refractivity contribution in [1.82, 2.24) is 19.8 Å². The van der Waals surface area contributed by atoms with Gasteiger partial charge in [-0.05, 0) is 25.0 Å². The maximum absolute atomic E-state index is 12.6. The van der Waals surface area contributed by atoms with Gasteiger partial charge in [0, 0.05) is 12.1 Å². The summed E-state index contributed by atoms with van der Waals surface area (Å²) in [6.45, 7) is 1.25. The SMILES string of the molecule is O=C(NCc1ccco1)[C@H]1CN(C(=O)C2CCC2)Cc2cncn21. The second-order valence-corrected chi connectivity index (χ2v) is 6.45. The number of nitrogens with zero attached hydrogens (tertiary/aromatic N) is 3. The first-order chi connectivity index (χ1) is 11.7. The molecule has 7 nitrogen and oxygen atoms in total. The Morgan fingerprint density at radius 2 is 2.25 bits per heavy atom. The standard InChI is InChI=1S/C17H20N4O3/c22-16(19-8-14-5-2-6-24-14)15-10-20(17(23)12-3-1-4-12)9-13-7-18-11-21(13)15/h2,5-7,11-12,15H,1,3-4,8-10H2,(H,19,22)/t15-/m1/s1. The summed E-state index contributed by atoms with van der Waals surface area (Å²) in [5.41, 5.74) is 0.895. The molecule has 2 aromatic heterocycles. The van der Waals surface area contributed by atoms with Gasteiger partial charge < -0.3 is 19.2 Å². The molecule has 1 aliphatic heterocycles. The summed E-state index contributed by atoms with van der Waals surface area (Å²) in [6, 6.07) is 3.15. The van der Waals surface area contributed by atoms with Crippen molar-refractivity contribution in [3.05, 3.63) is 42.4 Å². The molecule has 1 saturated carbocycles. The van der Waals surface area contributed by atoms with Crippen molar-refractivity contribution in [2.24, 2.45) is 5.92 Å². The minimum Gasteiger partial charge on any atom is -0.467 e. The van der Waals surface area contributed by atoms with Crippen molar-refractivity contribution in [2.45, 2.75) is 38.4 Å². The minimum absolute atomic E-state index is 0.128.